The van der Waals surface area contributed by atoms with Gasteiger partial charge in [0.25, 0.3) is 0 Å². The Morgan fingerprint density at radius 1 is 0.842 bits per heavy atom. The maximum absolute atomic E-state index is 12.1. The van der Waals surface area contributed by atoms with Crippen LogP contribution in [0.2, 0.25) is 0 Å². The van der Waals surface area contributed by atoms with Crippen molar-refractivity contribution in [1.82, 2.24) is 20.3 Å². The van der Waals surface area contributed by atoms with E-state index in [1.165, 1.54) is 28.4 Å². The number of hydroxylamine groups is 8. The molecule has 2 saturated heterocycles. The Labute approximate surface area is 109 Å². The Kier molecular flexibility index (Phi) is 3.26. The number of fused-ring (bicyclic) bond motifs is 1. The lowest BCUT2D eigenvalue weighted by atomic mass is 10.2. The van der Waals surface area contributed by atoms with Crippen LogP contribution in [-0.2, 0) is 19.4 Å². The minimum atomic E-state index is -1.25. The Bertz CT molecular complexity index is 372. The molecule has 0 unspecified atom stereocenters. The monoisotopic (exact) mass is 276 g/mol. The first-order valence-corrected chi connectivity index (χ1v) is 5.42. The highest BCUT2D eigenvalue weighted by atomic mass is 16.8. The van der Waals surface area contributed by atoms with Crippen LogP contribution in [0.4, 0.5) is 9.59 Å². The third kappa shape index (κ3) is 1.45. The van der Waals surface area contributed by atoms with E-state index in [9.17, 15) is 9.59 Å². The van der Waals surface area contributed by atoms with Crippen LogP contribution in [0, 0.1) is 0 Å². The summed E-state index contributed by atoms with van der Waals surface area (Å²) in [6, 6.07) is -1.15. The molecule has 0 spiro atoms. The van der Waals surface area contributed by atoms with Crippen molar-refractivity contribution in [3.63, 3.8) is 0 Å². The van der Waals surface area contributed by atoms with Gasteiger partial charge in [-0.2, -0.15) is 20.3 Å². The van der Waals surface area contributed by atoms with E-state index in [1.54, 1.807) is 6.92 Å². The van der Waals surface area contributed by atoms with Gasteiger partial charge in [-0.25, -0.2) is 9.59 Å². The molecule has 10 nitrogen and oxygen atoms in total. The second kappa shape index (κ2) is 4.49. The number of nitrogens with zero attached hydrogens (tertiary/aromatic N) is 4. The smallest absolute Gasteiger partial charge is 0.270 e. The molecule has 0 atom stereocenters. The zero-order valence-electron chi connectivity index (χ0n) is 11.3. The van der Waals surface area contributed by atoms with Crippen molar-refractivity contribution < 1.29 is 28.9 Å². The molecular formula is C9H16N4O6. The zero-order valence-corrected chi connectivity index (χ0v) is 11.3. The van der Waals surface area contributed by atoms with Gasteiger partial charge in [0, 0.05) is 0 Å². The molecule has 0 radical (unpaired) electrons. The molecule has 2 fully saturated rings. The van der Waals surface area contributed by atoms with Gasteiger partial charge in [-0.1, -0.05) is 0 Å². The Hall–Kier alpha value is -1.62. The lowest BCUT2D eigenvalue weighted by Gasteiger charge is -2.34. The van der Waals surface area contributed by atoms with Crippen LogP contribution in [0.15, 0.2) is 0 Å². The predicted octanol–water partition coefficient (Wildman–Crippen LogP) is -0.251. The van der Waals surface area contributed by atoms with E-state index in [0.29, 0.717) is 0 Å². The molecular weight excluding hydrogens is 260 g/mol. The van der Waals surface area contributed by atoms with Gasteiger partial charge in [-0.15, -0.1) is 0 Å². The minimum absolute atomic E-state index is 0.575. The van der Waals surface area contributed by atoms with Crippen molar-refractivity contribution in [2.45, 2.75) is 18.8 Å². The zero-order chi connectivity index (χ0) is 14.4. The first-order chi connectivity index (χ1) is 8.98. The van der Waals surface area contributed by atoms with E-state index in [4.69, 9.17) is 19.4 Å². The molecule has 2 aliphatic heterocycles. The average molecular weight is 276 g/mol. The van der Waals surface area contributed by atoms with Crippen molar-refractivity contribution in [1.29, 1.82) is 0 Å². The molecule has 19 heavy (non-hydrogen) atoms. The third-order valence-corrected chi connectivity index (χ3v) is 3.24. The fraction of sp³-hybridized carbons (Fsp3) is 0.778. The summed E-state index contributed by atoms with van der Waals surface area (Å²) in [6.07, 6.45) is -0.873. The van der Waals surface area contributed by atoms with Gasteiger partial charge in [0.2, 0.25) is 11.8 Å². The van der Waals surface area contributed by atoms with Crippen LogP contribution in [-0.4, -0.2) is 72.6 Å². The fourth-order valence-electron chi connectivity index (χ4n) is 2.49. The fourth-order valence-corrected chi connectivity index (χ4v) is 2.49. The van der Waals surface area contributed by atoms with Gasteiger partial charge in [0.05, 0.1) is 28.4 Å². The number of urea groups is 2. The van der Waals surface area contributed by atoms with Gasteiger partial charge >= 0.3 is 12.1 Å². The highest BCUT2D eigenvalue weighted by Crippen LogP contribution is 2.43. The summed E-state index contributed by atoms with van der Waals surface area (Å²) in [7, 11) is 5.25. The van der Waals surface area contributed by atoms with Crippen molar-refractivity contribution in [3.05, 3.63) is 0 Å². The van der Waals surface area contributed by atoms with Crippen LogP contribution < -0.4 is 0 Å². The highest BCUT2D eigenvalue weighted by Gasteiger charge is 2.71. The molecule has 10 heteroatoms. The standard InChI is InChI=1S/C9H16N4O6/c1-9-6(10(16-2)7(14)12(9)18-4)11(17-3)8(15)13(9)19-5/h6H,1-5H3. The molecule has 0 N–H and O–H groups in total. The summed E-state index contributed by atoms with van der Waals surface area (Å²) >= 11 is 0. The van der Waals surface area contributed by atoms with Crippen molar-refractivity contribution in [2.75, 3.05) is 28.4 Å². The molecule has 0 saturated carbocycles. The van der Waals surface area contributed by atoms with Gasteiger partial charge in [0.1, 0.15) is 0 Å². The predicted molar refractivity (Wildman–Crippen MR) is 58.4 cm³/mol. The normalized spacial score (nSPS) is 30.7. The van der Waals surface area contributed by atoms with E-state index in [-0.39, 0.29) is 0 Å². The first-order valence-electron chi connectivity index (χ1n) is 5.42. The third-order valence-electron chi connectivity index (χ3n) is 3.24. The Balaban J connectivity index is 2.54. The molecule has 2 heterocycles. The van der Waals surface area contributed by atoms with E-state index >= 15 is 0 Å². The minimum Gasteiger partial charge on any atom is -0.270 e. The quantitative estimate of drug-likeness (QED) is 0.704. The summed E-state index contributed by atoms with van der Waals surface area (Å²) in [5, 5.41) is 3.93. The molecule has 4 amide bonds. The first kappa shape index (κ1) is 13.8. The number of carbonyl (C=O) groups excluding carboxylic acids is 2. The van der Waals surface area contributed by atoms with Crippen LogP contribution in [0.25, 0.3) is 0 Å². The second-order valence-corrected chi connectivity index (χ2v) is 4.00. The maximum atomic E-state index is 12.1. The largest absolute Gasteiger partial charge is 0.372 e. The van der Waals surface area contributed by atoms with Gasteiger partial charge in [-0.3, -0.25) is 19.4 Å². The summed E-state index contributed by atoms with van der Waals surface area (Å²) < 4.78 is 0. The molecule has 0 bridgehead atoms. The summed E-state index contributed by atoms with van der Waals surface area (Å²) in [6.45, 7) is 1.60. The van der Waals surface area contributed by atoms with Gasteiger partial charge < -0.3 is 0 Å². The van der Waals surface area contributed by atoms with Crippen LogP contribution in [0.3, 0.4) is 0 Å². The Morgan fingerprint density at radius 3 is 1.47 bits per heavy atom. The van der Waals surface area contributed by atoms with Crippen molar-refractivity contribution in [2.24, 2.45) is 0 Å². The topological polar surface area (TPSA) is 84.0 Å². The van der Waals surface area contributed by atoms with Crippen LogP contribution in [0.5, 0.6) is 0 Å². The van der Waals surface area contributed by atoms with Crippen molar-refractivity contribution in [3.8, 4) is 0 Å². The average Bonchev–Trinajstić information content (AvgIpc) is 2.72. The van der Waals surface area contributed by atoms with Gasteiger partial charge in [-0.05, 0) is 6.92 Å². The molecule has 0 aromatic rings. The van der Waals surface area contributed by atoms with E-state index in [1.807, 2.05) is 0 Å². The van der Waals surface area contributed by atoms with E-state index < -0.39 is 23.9 Å². The number of amides is 4. The second-order valence-electron chi connectivity index (χ2n) is 4.00. The molecule has 0 aromatic carbocycles. The number of hydrogen-bond donors (Lipinski definition) is 0. The van der Waals surface area contributed by atoms with E-state index in [0.717, 1.165) is 20.3 Å². The molecule has 108 valence electrons. The summed E-state index contributed by atoms with van der Waals surface area (Å²) in [4.78, 5) is 44.4. The summed E-state index contributed by atoms with van der Waals surface area (Å²) in [5.74, 6) is 0. The maximum Gasteiger partial charge on any atom is 0.372 e. The van der Waals surface area contributed by atoms with Crippen LogP contribution in [0.1, 0.15) is 6.92 Å². The molecule has 2 aliphatic rings. The van der Waals surface area contributed by atoms with Crippen LogP contribution >= 0.6 is 0 Å². The Morgan fingerprint density at radius 2 is 1.21 bits per heavy atom. The van der Waals surface area contributed by atoms with Gasteiger partial charge in [0.15, 0.2) is 0 Å². The summed E-state index contributed by atoms with van der Waals surface area (Å²) in [5.41, 5.74) is -1.25. The molecule has 2 rings (SSSR count). The SMILES string of the molecule is CON1C(=O)N(OC)C2(C)C1N(OC)C(=O)N2OC. The van der Waals surface area contributed by atoms with Crippen molar-refractivity contribution >= 4 is 12.1 Å². The number of hydrogen-bond acceptors (Lipinski definition) is 6. The molecule has 0 aliphatic carbocycles. The number of carbonyl (C=O) groups is 2. The lowest BCUT2D eigenvalue weighted by molar-refractivity contribution is -0.265. The number of rotatable bonds is 4. The molecule has 0 aromatic heterocycles. The lowest BCUT2D eigenvalue weighted by Crippen LogP contribution is -2.57. The van der Waals surface area contributed by atoms with E-state index in [2.05, 4.69) is 0 Å². The highest BCUT2D eigenvalue weighted by molar-refractivity contribution is 5.84.